The van der Waals surface area contributed by atoms with Gasteiger partial charge in [-0.05, 0) is 38.9 Å². The summed E-state index contributed by atoms with van der Waals surface area (Å²) in [4.78, 5) is 11.7. The molecule has 1 saturated carbocycles. The molecule has 0 spiro atoms. The van der Waals surface area contributed by atoms with Crippen LogP contribution in [0.25, 0.3) is 0 Å². The highest BCUT2D eigenvalue weighted by molar-refractivity contribution is 5.92. The average Bonchev–Trinajstić information content (AvgIpc) is 3.02. The summed E-state index contributed by atoms with van der Waals surface area (Å²) in [5, 5.41) is 12.8. The van der Waals surface area contributed by atoms with Gasteiger partial charge in [0, 0.05) is 18.2 Å². The maximum absolute atomic E-state index is 11.7. The first kappa shape index (κ1) is 14.0. The number of nitrogens with zero attached hydrogens (tertiary/aromatic N) is 1. The molecule has 0 aliphatic heterocycles. The average molecular weight is 259 g/mol. The van der Waals surface area contributed by atoms with Crippen LogP contribution in [-0.2, 0) is 0 Å². The van der Waals surface area contributed by atoms with Crippen LogP contribution >= 0.6 is 12.4 Å². The molecule has 3 N–H and O–H groups in total. The van der Waals surface area contributed by atoms with Crippen molar-refractivity contribution in [1.82, 2.24) is 20.8 Å². The molecule has 1 heterocycles. The highest BCUT2D eigenvalue weighted by Crippen LogP contribution is 2.38. The van der Waals surface area contributed by atoms with Gasteiger partial charge in [-0.3, -0.25) is 9.89 Å². The molecule has 1 aliphatic carbocycles. The minimum atomic E-state index is -0.0840. The molecular formula is C11H19ClN4O. The van der Waals surface area contributed by atoms with Gasteiger partial charge in [0.15, 0.2) is 0 Å². The molecule has 6 heteroatoms. The van der Waals surface area contributed by atoms with Crippen molar-refractivity contribution < 1.29 is 4.79 Å². The molecule has 1 aromatic heterocycles. The Balaban J connectivity index is 0.00000144. The maximum Gasteiger partial charge on any atom is 0.271 e. The van der Waals surface area contributed by atoms with Crippen LogP contribution in [0.3, 0.4) is 0 Å². The summed E-state index contributed by atoms with van der Waals surface area (Å²) in [6.45, 7) is 1.60. The maximum atomic E-state index is 11.7. The zero-order valence-corrected chi connectivity index (χ0v) is 10.8. The molecule has 0 aromatic carbocycles. The minimum absolute atomic E-state index is 0. The largest absolute Gasteiger partial charge is 0.351 e. The smallest absolute Gasteiger partial charge is 0.271 e. The van der Waals surface area contributed by atoms with Crippen molar-refractivity contribution in [3.8, 4) is 0 Å². The summed E-state index contributed by atoms with van der Waals surface area (Å²) in [6, 6.07) is 1.87. The van der Waals surface area contributed by atoms with Gasteiger partial charge in [-0.25, -0.2) is 0 Å². The van der Waals surface area contributed by atoms with Gasteiger partial charge >= 0.3 is 0 Å². The van der Waals surface area contributed by atoms with E-state index in [-0.39, 0.29) is 18.3 Å². The third kappa shape index (κ3) is 4.02. The van der Waals surface area contributed by atoms with Crippen molar-refractivity contribution in [1.29, 1.82) is 0 Å². The number of rotatable bonds is 6. The van der Waals surface area contributed by atoms with Crippen LogP contribution in [0.1, 0.15) is 41.4 Å². The van der Waals surface area contributed by atoms with Crippen LogP contribution < -0.4 is 10.6 Å². The number of nitrogens with one attached hydrogen (secondary N) is 3. The van der Waals surface area contributed by atoms with E-state index in [9.17, 15) is 4.79 Å². The first-order chi connectivity index (χ1) is 7.81. The summed E-state index contributed by atoms with van der Waals surface area (Å²) in [7, 11) is 1.90. The minimum Gasteiger partial charge on any atom is -0.351 e. The Kier molecular flexibility index (Phi) is 5.44. The lowest BCUT2D eigenvalue weighted by Gasteiger charge is -2.01. The summed E-state index contributed by atoms with van der Waals surface area (Å²) >= 11 is 0. The fourth-order valence-electron chi connectivity index (χ4n) is 1.61. The second-order valence-corrected chi connectivity index (χ2v) is 4.20. The number of hydrogen-bond donors (Lipinski definition) is 3. The number of aromatic amines is 1. The van der Waals surface area contributed by atoms with Gasteiger partial charge in [0.05, 0.1) is 0 Å². The molecule has 1 fully saturated rings. The van der Waals surface area contributed by atoms with Crippen LogP contribution in [0.4, 0.5) is 0 Å². The number of amides is 1. The van der Waals surface area contributed by atoms with E-state index < -0.39 is 0 Å². The summed E-state index contributed by atoms with van der Waals surface area (Å²) in [5.74, 6) is 0.526. The Labute approximate surface area is 107 Å². The van der Waals surface area contributed by atoms with Gasteiger partial charge in [-0.2, -0.15) is 5.10 Å². The van der Waals surface area contributed by atoms with E-state index in [2.05, 4.69) is 20.8 Å². The van der Waals surface area contributed by atoms with Crippen molar-refractivity contribution >= 4 is 18.3 Å². The van der Waals surface area contributed by atoms with Crippen LogP contribution in [0.15, 0.2) is 6.07 Å². The van der Waals surface area contributed by atoms with Gasteiger partial charge in [0.25, 0.3) is 5.91 Å². The predicted octanol–water partition coefficient (Wildman–Crippen LogP) is 1.05. The number of halogens is 1. The van der Waals surface area contributed by atoms with Crippen LogP contribution in [0, 0.1) is 0 Å². The molecule has 0 unspecified atom stereocenters. The Morgan fingerprint density at radius 2 is 2.29 bits per heavy atom. The molecule has 0 saturated heterocycles. The molecule has 0 bridgehead atoms. The molecule has 1 aliphatic rings. The lowest BCUT2D eigenvalue weighted by Crippen LogP contribution is -2.26. The van der Waals surface area contributed by atoms with Crippen molar-refractivity contribution in [2.75, 3.05) is 20.1 Å². The highest BCUT2D eigenvalue weighted by atomic mass is 35.5. The van der Waals surface area contributed by atoms with E-state index in [1.54, 1.807) is 0 Å². The zero-order chi connectivity index (χ0) is 11.4. The van der Waals surface area contributed by atoms with E-state index >= 15 is 0 Å². The highest BCUT2D eigenvalue weighted by Gasteiger charge is 2.26. The molecule has 5 nitrogen and oxygen atoms in total. The predicted molar refractivity (Wildman–Crippen MR) is 68.7 cm³/mol. The second-order valence-electron chi connectivity index (χ2n) is 4.20. The van der Waals surface area contributed by atoms with E-state index in [0.29, 0.717) is 18.2 Å². The molecule has 96 valence electrons. The van der Waals surface area contributed by atoms with Crippen molar-refractivity contribution in [3.05, 3.63) is 17.5 Å². The lowest BCUT2D eigenvalue weighted by molar-refractivity contribution is 0.0948. The molecule has 1 amide bonds. The fourth-order valence-corrected chi connectivity index (χ4v) is 1.61. The molecule has 1 aromatic rings. The first-order valence-corrected chi connectivity index (χ1v) is 5.79. The molecule has 0 radical (unpaired) electrons. The van der Waals surface area contributed by atoms with Gasteiger partial charge in [0.1, 0.15) is 5.69 Å². The standard InChI is InChI=1S/C11H18N4O.ClH/c1-12-5-2-6-13-11(16)10-7-9(14-15-10)8-3-4-8;/h7-8,12H,2-6H2,1H3,(H,13,16)(H,14,15);1H. The van der Waals surface area contributed by atoms with Gasteiger partial charge in [0.2, 0.25) is 0 Å². The fraction of sp³-hybridized carbons (Fsp3) is 0.636. The van der Waals surface area contributed by atoms with Crippen LogP contribution in [-0.4, -0.2) is 36.2 Å². The SMILES string of the molecule is CNCCCNC(=O)c1cc(C2CC2)[nH]n1.Cl. The summed E-state index contributed by atoms with van der Waals surface area (Å²) in [5.41, 5.74) is 1.60. The summed E-state index contributed by atoms with van der Waals surface area (Å²) < 4.78 is 0. The van der Waals surface area contributed by atoms with Crippen molar-refractivity contribution in [2.24, 2.45) is 0 Å². The lowest BCUT2D eigenvalue weighted by atomic mass is 10.2. The van der Waals surface area contributed by atoms with Crippen molar-refractivity contribution in [2.45, 2.75) is 25.2 Å². The number of aromatic nitrogens is 2. The third-order valence-corrected chi connectivity index (χ3v) is 2.74. The second kappa shape index (κ2) is 6.61. The van der Waals surface area contributed by atoms with Gasteiger partial charge < -0.3 is 10.6 Å². The van der Waals surface area contributed by atoms with E-state index in [1.807, 2.05) is 13.1 Å². The number of carbonyl (C=O) groups is 1. The molecule has 17 heavy (non-hydrogen) atoms. The first-order valence-electron chi connectivity index (χ1n) is 5.79. The Hall–Kier alpha value is -1.07. The van der Waals surface area contributed by atoms with Gasteiger partial charge in [-0.15, -0.1) is 12.4 Å². The number of carbonyl (C=O) groups excluding carboxylic acids is 1. The zero-order valence-electron chi connectivity index (χ0n) is 9.95. The van der Waals surface area contributed by atoms with Gasteiger partial charge in [-0.1, -0.05) is 0 Å². The van der Waals surface area contributed by atoms with Crippen LogP contribution in [0.5, 0.6) is 0 Å². The van der Waals surface area contributed by atoms with E-state index in [0.717, 1.165) is 18.7 Å². The van der Waals surface area contributed by atoms with E-state index in [1.165, 1.54) is 12.8 Å². The molecule has 0 atom stereocenters. The third-order valence-electron chi connectivity index (χ3n) is 2.74. The molecule has 2 rings (SSSR count). The molecular weight excluding hydrogens is 240 g/mol. The quantitative estimate of drug-likeness (QED) is 0.668. The monoisotopic (exact) mass is 258 g/mol. The van der Waals surface area contributed by atoms with Crippen LogP contribution in [0.2, 0.25) is 0 Å². The van der Waals surface area contributed by atoms with Crippen molar-refractivity contribution in [3.63, 3.8) is 0 Å². The summed E-state index contributed by atoms with van der Waals surface area (Å²) in [6.07, 6.45) is 3.36. The van der Waals surface area contributed by atoms with E-state index in [4.69, 9.17) is 0 Å². The Bertz CT molecular complexity index is 362. The Morgan fingerprint density at radius 3 is 2.94 bits per heavy atom. The Morgan fingerprint density at radius 1 is 1.53 bits per heavy atom. The number of hydrogen-bond acceptors (Lipinski definition) is 3. The normalized spacial score (nSPS) is 14.2. The topological polar surface area (TPSA) is 69.8 Å². The number of H-pyrrole nitrogens is 1.